The first-order chi connectivity index (χ1) is 10.3. The molecule has 2 unspecified atom stereocenters. The van der Waals surface area contributed by atoms with Gasteiger partial charge in [-0.3, -0.25) is 4.79 Å². The lowest BCUT2D eigenvalue weighted by Gasteiger charge is -2.20. The highest BCUT2D eigenvalue weighted by Gasteiger charge is 2.28. The summed E-state index contributed by atoms with van der Waals surface area (Å²) in [6, 6.07) is 2.27. The van der Waals surface area contributed by atoms with Crippen LogP contribution in [-0.4, -0.2) is 25.0 Å². The monoisotopic (exact) mass is 307 g/mol. The van der Waals surface area contributed by atoms with Gasteiger partial charge in [-0.05, 0) is 47.9 Å². The van der Waals surface area contributed by atoms with Crippen molar-refractivity contribution in [3.8, 4) is 0 Å². The quantitative estimate of drug-likeness (QED) is 0.870. The first kappa shape index (κ1) is 16.5. The molecule has 2 atom stereocenters. The van der Waals surface area contributed by atoms with Crippen LogP contribution in [-0.2, 0) is 16.0 Å². The molecule has 0 fully saturated rings. The Labute approximate surface area is 130 Å². The predicted octanol–water partition coefficient (Wildman–Crippen LogP) is 2.80. The number of nitrogens with one attached hydrogen (secondary N) is 1. The number of rotatable bonds is 4. The van der Waals surface area contributed by atoms with Crippen LogP contribution in [0.3, 0.4) is 0 Å². The van der Waals surface area contributed by atoms with E-state index in [1.54, 1.807) is 19.9 Å². The average Bonchev–Trinajstić information content (AvgIpc) is 2.83. The van der Waals surface area contributed by atoms with Crippen LogP contribution in [0.4, 0.5) is 4.39 Å². The zero-order valence-corrected chi connectivity index (χ0v) is 13.4. The first-order valence-corrected chi connectivity index (χ1v) is 7.56. The van der Waals surface area contributed by atoms with Crippen molar-refractivity contribution in [3.05, 3.63) is 34.6 Å². The van der Waals surface area contributed by atoms with E-state index in [0.29, 0.717) is 5.92 Å². The fraction of sp³-hybridized carbons (Fsp3) is 0.529. The minimum atomic E-state index is -0.789. The van der Waals surface area contributed by atoms with Crippen molar-refractivity contribution in [2.24, 2.45) is 5.92 Å². The second kappa shape index (κ2) is 6.46. The molecule has 4 nitrogen and oxygen atoms in total. The summed E-state index contributed by atoms with van der Waals surface area (Å²) in [4.78, 5) is 24.1. The van der Waals surface area contributed by atoms with Crippen LogP contribution < -0.4 is 5.32 Å². The lowest BCUT2D eigenvalue weighted by atomic mass is 9.99. The number of benzene rings is 1. The van der Waals surface area contributed by atoms with Crippen LogP contribution in [0.5, 0.6) is 0 Å². The number of carbonyl (C=O) groups is 2. The zero-order valence-electron chi connectivity index (χ0n) is 13.4. The van der Waals surface area contributed by atoms with Crippen molar-refractivity contribution in [1.29, 1.82) is 0 Å². The maximum Gasteiger partial charge on any atom is 0.328 e. The second-order valence-corrected chi connectivity index (χ2v) is 6.19. The van der Waals surface area contributed by atoms with Gasteiger partial charge in [-0.2, -0.15) is 0 Å². The van der Waals surface area contributed by atoms with Gasteiger partial charge in [-0.1, -0.05) is 20.8 Å². The molecule has 5 heteroatoms. The summed E-state index contributed by atoms with van der Waals surface area (Å²) in [5.74, 6) is -1.48. The van der Waals surface area contributed by atoms with Crippen LogP contribution in [0.25, 0.3) is 0 Å². The fourth-order valence-electron chi connectivity index (χ4n) is 2.85. The third-order valence-corrected chi connectivity index (χ3v) is 4.26. The minimum Gasteiger partial charge on any atom is -0.467 e. The van der Waals surface area contributed by atoms with Gasteiger partial charge in [0.05, 0.1) is 12.7 Å². The van der Waals surface area contributed by atoms with E-state index < -0.39 is 23.7 Å². The summed E-state index contributed by atoms with van der Waals surface area (Å²) >= 11 is 0. The zero-order chi connectivity index (χ0) is 16.4. The van der Waals surface area contributed by atoms with E-state index in [1.807, 2.05) is 0 Å². The van der Waals surface area contributed by atoms with Crippen molar-refractivity contribution >= 4 is 11.9 Å². The molecule has 120 valence electrons. The molecular weight excluding hydrogens is 285 g/mol. The molecule has 1 aliphatic rings. The van der Waals surface area contributed by atoms with E-state index in [4.69, 9.17) is 0 Å². The van der Waals surface area contributed by atoms with Crippen molar-refractivity contribution < 1.29 is 18.7 Å². The maximum atomic E-state index is 14.2. The van der Waals surface area contributed by atoms with E-state index in [2.05, 4.69) is 17.0 Å². The van der Waals surface area contributed by atoms with E-state index in [9.17, 15) is 14.0 Å². The molecule has 1 aromatic rings. The predicted molar refractivity (Wildman–Crippen MR) is 81.2 cm³/mol. The molecule has 1 aromatic carbocycles. The third kappa shape index (κ3) is 3.13. The van der Waals surface area contributed by atoms with Crippen LogP contribution in [0.1, 0.15) is 54.6 Å². The Balaban J connectivity index is 2.26. The Morgan fingerprint density at radius 3 is 2.64 bits per heavy atom. The number of carbonyl (C=O) groups excluding carboxylic acids is 2. The lowest BCUT2D eigenvalue weighted by molar-refractivity contribution is -0.144. The van der Waals surface area contributed by atoms with Gasteiger partial charge in [0.15, 0.2) is 0 Å². The fourth-order valence-corrected chi connectivity index (χ4v) is 2.85. The highest BCUT2D eigenvalue weighted by molar-refractivity contribution is 5.97. The number of esters is 1. The van der Waals surface area contributed by atoms with Gasteiger partial charge in [0.2, 0.25) is 0 Å². The SMILES string of the molecule is COC(=O)C(NC(=O)c1cc2c(cc1F)CCC2C)C(C)C. The Morgan fingerprint density at radius 1 is 1.36 bits per heavy atom. The number of aryl methyl sites for hydroxylation is 1. The summed E-state index contributed by atoms with van der Waals surface area (Å²) in [7, 11) is 1.27. The summed E-state index contributed by atoms with van der Waals surface area (Å²) in [6.45, 7) is 5.66. The number of hydrogen-bond acceptors (Lipinski definition) is 3. The number of halogens is 1. The molecular formula is C17H22FNO3. The molecule has 1 N–H and O–H groups in total. The summed E-state index contributed by atoms with van der Waals surface area (Å²) in [5, 5.41) is 2.58. The Hall–Kier alpha value is -1.91. The number of methoxy groups -OCH3 is 1. The van der Waals surface area contributed by atoms with Gasteiger partial charge in [0.25, 0.3) is 5.91 Å². The van der Waals surface area contributed by atoms with E-state index in [0.717, 1.165) is 24.0 Å². The summed E-state index contributed by atoms with van der Waals surface area (Å²) in [6.07, 6.45) is 1.81. The van der Waals surface area contributed by atoms with Crippen molar-refractivity contribution in [2.45, 2.75) is 45.6 Å². The topological polar surface area (TPSA) is 55.4 Å². The van der Waals surface area contributed by atoms with E-state index >= 15 is 0 Å². The molecule has 0 heterocycles. The number of hydrogen-bond donors (Lipinski definition) is 1. The largest absolute Gasteiger partial charge is 0.467 e. The Bertz CT molecular complexity index is 598. The van der Waals surface area contributed by atoms with Gasteiger partial charge in [-0.25, -0.2) is 9.18 Å². The Morgan fingerprint density at radius 2 is 2.05 bits per heavy atom. The average molecular weight is 307 g/mol. The molecule has 1 amide bonds. The lowest BCUT2D eigenvalue weighted by Crippen LogP contribution is -2.45. The molecule has 22 heavy (non-hydrogen) atoms. The number of amides is 1. The van der Waals surface area contributed by atoms with Gasteiger partial charge in [0, 0.05) is 0 Å². The van der Waals surface area contributed by atoms with E-state index in [1.165, 1.54) is 13.2 Å². The molecule has 0 spiro atoms. The van der Waals surface area contributed by atoms with Gasteiger partial charge in [0.1, 0.15) is 11.9 Å². The number of fused-ring (bicyclic) bond motifs is 1. The summed E-state index contributed by atoms with van der Waals surface area (Å²) in [5.41, 5.74) is 1.97. The smallest absolute Gasteiger partial charge is 0.328 e. The Kier molecular flexibility index (Phi) is 4.84. The molecule has 0 aliphatic heterocycles. The minimum absolute atomic E-state index is 0.0120. The standard InChI is InChI=1S/C17H22FNO3/c1-9(2)15(17(21)22-4)19-16(20)13-8-12-10(3)5-6-11(12)7-14(13)18/h7-10,15H,5-6H2,1-4H3,(H,19,20). The van der Waals surface area contributed by atoms with Crippen molar-refractivity contribution in [2.75, 3.05) is 7.11 Å². The second-order valence-electron chi connectivity index (χ2n) is 6.19. The molecule has 0 bridgehead atoms. The highest BCUT2D eigenvalue weighted by Crippen LogP contribution is 2.34. The van der Waals surface area contributed by atoms with Crippen LogP contribution in [0.2, 0.25) is 0 Å². The molecule has 2 rings (SSSR count). The van der Waals surface area contributed by atoms with Crippen molar-refractivity contribution in [3.63, 3.8) is 0 Å². The molecule has 0 radical (unpaired) electrons. The highest BCUT2D eigenvalue weighted by atomic mass is 19.1. The van der Waals surface area contributed by atoms with Gasteiger partial charge in [-0.15, -0.1) is 0 Å². The molecule has 0 aromatic heterocycles. The van der Waals surface area contributed by atoms with Crippen molar-refractivity contribution in [1.82, 2.24) is 5.32 Å². The van der Waals surface area contributed by atoms with Crippen LogP contribution in [0, 0.1) is 11.7 Å². The molecule has 0 saturated heterocycles. The molecule has 0 saturated carbocycles. The van der Waals surface area contributed by atoms with Crippen LogP contribution in [0.15, 0.2) is 12.1 Å². The van der Waals surface area contributed by atoms with E-state index in [-0.39, 0.29) is 11.5 Å². The summed E-state index contributed by atoms with van der Waals surface area (Å²) < 4.78 is 18.9. The maximum absolute atomic E-state index is 14.2. The normalized spacial score (nSPS) is 18.0. The third-order valence-electron chi connectivity index (χ3n) is 4.26. The van der Waals surface area contributed by atoms with Gasteiger partial charge < -0.3 is 10.1 Å². The van der Waals surface area contributed by atoms with Gasteiger partial charge >= 0.3 is 5.97 Å². The number of ether oxygens (including phenoxy) is 1. The molecule has 1 aliphatic carbocycles. The first-order valence-electron chi connectivity index (χ1n) is 7.56. The van der Waals surface area contributed by atoms with Crippen LogP contribution >= 0.6 is 0 Å².